The molecule has 2 heterocycles. The van der Waals surface area contributed by atoms with Crippen LogP contribution in [-0.2, 0) is 30.5 Å². The van der Waals surface area contributed by atoms with Gasteiger partial charge in [-0.2, -0.15) is 0 Å². The van der Waals surface area contributed by atoms with Crippen LogP contribution in [-0.4, -0.2) is 39.6 Å². The van der Waals surface area contributed by atoms with Gasteiger partial charge in [-0.3, -0.25) is 14.8 Å². The summed E-state index contributed by atoms with van der Waals surface area (Å²) in [6.07, 6.45) is 9.63. The van der Waals surface area contributed by atoms with E-state index in [1.54, 1.807) is 12.1 Å². The number of aryl methyl sites for hydroxylation is 3. The highest BCUT2D eigenvalue weighted by Crippen LogP contribution is 2.20. The molecule has 0 saturated carbocycles. The first-order chi connectivity index (χ1) is 16.6. The van der Waals surface area contributed by atoms with E-state index in [2.05, 4.69) is 22.4 Å². The van der Waals surface area contributed by atoms with Crippen LogP contribution in [0.3, 0.4) is 0 Å². The van der Waals surface area contributed by atoms with Gasteiger partial charge in [-0.1, -0.05) is 18.2 Å². The van der Waals surface area contributed by atoms with Crippen molar-refractivity contribution in [1.82, 2.24) is 15.3 Å². The summed E-state index contributed by atoms with van der Waals surface area (Å²) in [6.45, 7) is 0.581. The van der Waals surface area contributed by atoms with Crippen molar-refractivity contribution >= 4 is 11.9 Å². The van der Waals surface area contributed by atoms with Crippen LogP contribution in [0.1, 0.15) is 52.1 Å². The zero-order chi connectivity index (χ0) is 23.8. The minimum Gasteiger partial charge on any atom is -0.494 e. The second kappa shape index (κ2) is 11.4. The summed E-state index contributed by atoms with van der Waals surface area (Å²) in [6, 6.07) is 13.7. The third-order valence-electron chi connectivity index (χ3n) is 5.99. The van der Waals surface area contributed by atoms with E-state index >= 15 is 0 Å². The predicted molar refractivity (Wildman–Crippen MR) is 128 cm³/mol. The molecule has 1 aromatic carbocycles. The second-order valence-electron chi connectivity index (χ2n) is 8.52. The Morgan fingerprint density at radius 1 is 1.00 bits per heavy atom. The molecule has 1 amide bonds. The Hall–Kier alpha value is -3.74. The lowest BCUT2D eigenvalue weighted by atomic mass is 9.95. The Kier molecular flexibility index (Phi) is 7.86. The third kappa shape index (κ3) is 6.41. The first-order valence-corrected chi connectivity index (χ1v) is 11.7. The second-order valence-corrected chi connectivity index (χ2v) is 8.52. The Bertz CT molecular complexity index is 1120. The van der Waals surface area contributed by atoms with Gasteiger partial charge in [0, 0.05) is 35.8 Å². The van der Waals surface area contributed by atoms with Gasteiger partial charge < -0.3 is 15.2 Å². The van der Waals surface area contributed by atoms with Gasteiger partial charge in [0.1, 0.15) is 11.8 Å². The average Bonchev–Trinajstić information content (AvgIpc) is 2.87. The number of nitrogens with one attached hydrogen (secondary N) is 1. The molecule has 0 fully saturated rings. The fraction of sp³-hybridized carbons (Fsp3) is 0.333. The standard InChI is InChI=1S/C27H29N3O4/c31-26(21-13-15-28-16-14-21)30-25(27(32)33)18-19-7-11-23(12-8-19)34-17-3-5-22-10-9-20-4-1-2-6-24(20)29-22/h7-16,25H,1-6,17-18H2,(H,30,31)(H,32,33)/t25-/m0/s1. The molecule has 1 aliphatic rings. The number of pyridine rings is 2. The molecule has 4 rings (SSSR count). The number of benzene rings is 1. The number of aromatic nitrogens is 2. The maximum atomic E-state index is 12.3. The maximum absolute atomic E-state index is 12.3. The number of carbonyl (C=O) groups is 2. The van der Waals surface area contributed by atoms with Crippen molar-refractivity contribution in [2.24, 2.45) is 0 Å². The Balaban J connectivity index is 1.24. The average molecular weight is 460 g/mol. The van der Waals surface area contributed by atoms with Crippen LogP contribution in [0.15, 0.2) is 60.9 Å². The van der Waals surface area contributed by atoms with Crippen LogP contribution in [0.25, 0.3) is 0 Å². The van der Waals surface area contributed by atoms with Gasteiger partial charge >= 0.3 is 5.97 Å². The molecule has 0 saturated heterocycles. The fourth-order valence-electron chi connectivity index (χ4n) is 4.11. The number of carboxylic acid groups (broad SMARTS) is 1. The number of carboxylic acids is 1. The first kappa shape index (κ1) is 23.4. The van der Waals surface area contributed by atoms with Crippen molar-refractivity contribution in [1.29, 1.82) is 0 Å². The van der Waals surface area contributed by atoms with Crippen molar-refractivity contribution in [3.8, 4) is 5.75 Å². The molecule has 0 unspecified atom stereocenters. The Morgan fingerprint density at radius 3 is 2.53 bits per heavy atom. The molecule has 1 aliphatic carbocycles. The molecule has 176 valence electrons. The molecule has 2 N–H and O–H groups in total. The summed E-state index contributed by atoms with van der Waals surface area (Å²) in [5.41, 5.74) is 4.95. The number of ether oxygens (including phenoxy) is 1. The molecule has 7 heteroatoms. The van der Waals surface area contributed by atoms with E-state index in [1.165, 1.54) is 36.5 Å². The van der Waals surface area contributed by atoms with E-state index in [-0.39, 0.29) is 6.42 Å². The highest BCUT2D eigenvalue weighted by Gasteiger charge is 2.21. The number of hydrogen-bond donors (Lipinski definition) is 2. The molecule has 2 aromatic heterocycles. The minimum absolute atomic E-state index is 0.177. The van der Waals surface area contributed by atoms with Crippen LogP contribution >= 0.6 is 0 Å². The molecule has 0 spiro atoms. The maximum Gasteiger partial charge on any atom is 0.326 e. The Morgan fingerprint density at radius 2 is 1.76 bits per heavy atom. The predicted octanol–water partition coefficient (Wildman–Crippen LogP) is 3.79. The fourth-order valence-corrected chi connectivity index (χ4v) is 4.11. The van der Waals surface area contributed by atoms with Gasteiger partial charge in [0.2, 0.25) is 0 Å². The van der Waals surface area contributed by atoms with E-state index in [9.17, 15) is 14.7 Å². The lowest BCUT2D eigenvalue weighted by molar-refractivity contribution is -0.139. The van der Waals surface area contributed by atoms with Crippen LogP contribution in [0.2, 0.25) is 0 Å². The molecule has 3 aromatic rings. The van der Waals surface area contributed by atoms with Crippen LogP contribution in [0, 0.1) is 0 Å². The lowest BCUT2D eigenvalue weighted by Crippen LogP contribution is -2.42. The van der Waals surface area contributed by atoms with Gasteiger partial charge in [0.25, 0.3) is 5.91 Å². The highest BCUT2D eigenvalue weighted by atomic mass is 16.5. The zero-order valence-corrected chi connectivity index (χ0v) is 19.1. The van der Waals surface area contributed by atoms with Gasteiger partial charge in [0.15, 0.2) is 0 Å². The topological polar surface area (TPSA) is 101 Å². The van der Waals surface area contributed by atoms with Crippen LogP contribution in [0.4, 0.5) is 0 Å². The number of aliphatic carboxylic acids is 1. The molecule has 34 heavy (non-hydrogen) atoms. The van der Waals surface area contributed by atoms with Crippen molar-refractivity contribution in [3.63, 3.8) is 0 Å². The Labute approximate surface area is 199 Å². The lowest BCUT2D eigenvalue weighted by Gasteiger charge is -2.15. The molecule has 7 nitrogen and oxygen atoms in total. The zero-order valence-electron chi connectivity index (χ0n) is 19.1. The van der Waals surface area contributed by atoms with Crippen molar-refractivity contribution < 1.29 is 19.4 Å². The molecule has 0 radical (unpaired) electrons. The summed E-state index contributed by atoms with van der Waals surface area (Å²) in [5.74, 6) is -0.795. The van der Waals surface area contributed by atoms with E-state index in [0.29, 0.717) is 12.2 Å². The molecular formula is C27H29N3O4. The highest BCUT2D eigenvalue weighted by molar-refractivity contribution is 5.96. The van der Waals surface area contributed by atoms with Crippen LogP contribution < -0.4 is 10.1 Å². The SMILES string of the molecule is O=C(N[C@@H](Cc1ccc(OCCCc2ccc3c(n2)CCCC3)cc1)C(=O)O)c1ccncc1. The smallest absolute Gasteiger partial charge is 0.326 e. The van der Waals surface area contributed by atoms with Gasteiger partial charge in [-0.25, -0.2) is 4.79 Å². The quantitative estimate of drug-likeness (QED) is 0.447. The number of hydrogen-bond acceptors (Lipinski definition) is 5. The normalized spacial score (nSPS) is 13.5. The summed E-state index contributed by atoms with van der Waals surface area (Å²) in [7, 11) is 0. The van der Waals surface area contributed by atoms with Gasteiger partial charge in [0.05, 0.1) is 6.61 Å². The monoisotopic (exact) mass is 459 g/mol. The molecular weight excluding hydrogens is 430 g/mol. The third-order valence-corrected chi connectivity index (χ3v) is 5.99. The number of fused-ring (bicyclic) bond motifs is 1. The van der Waals surface area contributed by atoms with Crippen molar-refractivity contribution in [2.45, 2.75) is 51.0 Å². The minimum atomic E-state index is -1.08. The van der Waals surface area contributed by atoms with Gasteiger partial charge in [-0.15, -0.1) is 0 Å². The summed E-state index contributed by atoms with van der Waals surface area (Å²) in [5, 5.41) is 12.1. The number of amides is 1. The summed E-state index contributed by atoms with van der Waals surface area (Å²) in [4.78, 5) is 32.6. The van der Waals surface area contributed by atoms with Crippen molar-refractivity contribution in [2.75, 3.05) is 6.61 Å². The molecule has 1 atom stereocenters. The largest absolute Gasteiger partial charge is 0.494 e. The number of nitrogens with zero attached hydrogens (tertiary/aromatic N) is 2. The first-order valence-electron chi connectivity index (χ1n) is 11.7. The summed E-state index contributed by atoms with van der Waals surface area (Å²) >= 11 is 0. The van der Waals surface area contributed by atoms with E-state index < -0.39 is 17.9 Å². The number of carbonyl (C=O) groups excluding carboxylic acids is 1. The van der Waals surface area contributed by atoms with Crippen molar-refractivity contribution in [3.05, 3.63) is 89.0 Å². The molecule has 0 aliphatic heterocycles. The van der Waals surface area contributed by atoms with E-state index in [1.807, 2.05) is 24.3 Å². The van der Waals surface area contributed by atoms with Gasteiger partial charge in [-0.05, 0) is 80.0 Å². The van der Waals surface area contributed by atoms with Crippen LogP contribution in [0.5, 0.6) is 5.75 Å². The summed E-state index contributed by atoms with van der Waals surface area (Å²) < 4.78 is 5.85. The van der Waals surface area contributed by atoms with E-state index in [0.717, 1.165) is 42.7 Å². The number of rotatable bonds is 10. The van der Waals surface area contributed by atoms with E-state index in [4.69, 9.17) is 9.72 Å². The molecule has 0 bridgehead atoms.